The Morgan fingerprint density at radius 2 is 2.24 bits per heavy atom. The zero-order valence-electron chi connectivity index (χ0n) is 10.9. The van der Waals surface area contributed by atoms with Gasteiger partial charge in [0.1, 0.15) is 0 Å². The molecule has 0 spiro atoms. The van der Waals surface area contributed by atoms with E-state index in [1.807, 2.05) is 11.8 Å². The Hall–Kier alpha value is -0.610. The van der Waals surface area contributed by atoms with Crippen molar-refractivity contribution in [2.75, 3.05) is 26.2 Å². The predicted molar refractivity (Wildman–Crippen MR) is 66.8 cm³/mol. The van der Waals surface area contributed by atoms with Crippen LogP contribution in [0.5, 0.6) is 0 Å². The first-order chi connectivity index (χ1) is 8.16. The van der Waals surface area contributed by atoms with E-state index in [-0.39, 0.29) is 18.1 Å². The molecule has 17 heavy (non-hydrogen) atoms. The fraction of sp³-hybridized carbons (Fsp3) is 0.923. The van der Waals surface area contributed by atoms with E-state index in [9.17, 15) is 4.79 Å². The van der Waals surface area contributed by atoms with E-state index < -0.39 is 0 Å². The summed E-state index contributed by atoms with van der Waals surface area (Å²) in [5.41, 5.74) is 0. The summed E-state index contributed by atoms with van der Waals surface area (Å²) >= 11 is 0. The first kappa shape index (κ1) is 12.8. The number of nitrogens with zero attached hydrogens (tertiary/aromatic N) is 1. The van der Waals surface area contributed by atoms with E-state index >= 15 is 0 Å². The summed E-state index contributed by atoms with van der Waals surface area (Å²) in [7, 11) is 0. The third-order valence-electron chi connectivity index (χ3n) is 3.73. The Morgan fingerprint density at radius 1 is 1.41 bits per heavy atom. The number of carbonyl (C=O) groups is 1. The number of rotatable bonds is 1. The molecule has 2 heterocycles. The number of piperidine rings is 1. The van der Waals surface area contributed by atoms with Crippen molar-refractivity contribution >= 4 is 5.91 Å². The summed E-state index contributed by atoms with van der Waals surface area (Å²) in [5, 5.41) is 3.35. The van der Waals surface area contributed by atoms with E-state index in [2.05, 4.69) is 12.2 Å². The second-order valence-electron chi connectivity index (χ2n) is 5.46. The van der Waals surface area contributed by atoms with Gasteiger partial charge in [0.05, 0.1) is 12.1 Å². The monoisotopic (exact) mass is 240 g/mol. The number of carbonyl (C=O) groups excluding carboxylic acids is 1. The highest BCUT2D eigenvalue weighted by molar-refractivity contribution is 5.82. The Labute approximate surface area is 104 Å². The van der Waals surface area contributed by atoms with Crippen LogP contribution in [0.25, 0.3) is 0 Å². The summed E-state index contributed by atoms with van der Waals surface area (Å²) in [6.45, 7) is 7.61. The Kier molecular flexibility index (Phi) is 4.40. The number of amides is 1. The fourth-order valence-electron chi connectivity index (χ4n) is 2.71. The van der Waals surface area contributed by atoms with Crippen LogP contribution in [0.3, 0.4) is 0 Å². The van der Waals surface area contributed by atoms with Gasteiger partial charge in [-0.05, 0) is 38.6 Å². The van der Waals surface area contributed by atoms with Crippen molar-refractivity contribution in [3.05, 3.63) is 0 Å². The van der Waals surface area contributed by atoms with Crippen LogP contribution in [0.1, 0.15) is 33.1 Å². The summed E-state index contributed by atoms with van der Waals surface area (Å²) in [5.74, 6) is 0.930. The molecular formula is C13H24N2O2. The van der Waals surface area contributed by atoms with E-state index in [1.54, 1.807) is 0 Å². The van der Waals surface area contributed by atoms with Crippen LogP contribution in [-0.2, 0) is 9.53 Å². The van der Waals surface area contributed by atoms with Crippen molar-refractivity contribution in [3.63, 3.8) is 0 Å². The molecule has 2 aliphatic heterocycles. The number of nitrogens with one attached hydrogen (secondary N) is 1. The van der Waals surface area contributed by atoms with Crippen LogP contribution in [0.4, 0.5) is 0 Å². The van der Waals surface area contributed by atoms with E-state index in [0.29, 0.717) is 5.92 Å². The van der Waals surface area contributed by atoms with Gasteiger partial charge in [-0.1, -0.05) is 6.92 Å². The highest BCUT2D eigenvalue weighted by Crippen LogP contribution is 2.17. The third kappa shape index (κ3) is 3.42. The fourth-order valence-corrected chi connectivity index (χ4v) is 2.71. The normalized spacial score (nSPS) is 35.4. The van der Waals surface area contributed by atoms with E-state index in [4.69, 9.17) is 4.74 Å². The van der Waals surface area contributed by atoms with Crippen LogP contribution in [0.2, 0.25) is 0 Å². The van der Waals surface area contributed by atoms with Crippen molar-refractivity contribution in [3.8, 4) is 0 Å². The molecule has 3 unspecified atom stereocenters. The van der Waals surface area contributed by atoms with Gasteiger partial charge in [0, 0.05) is 19.7 Å². The number of hydrogen-bond donors (Lipinski definition) is 1. The summed E-state index contributed by atoms with van der Waals surface area (Å²) in [6.07, 6.45) is 3.29. The van der Waals surface area contributed by atoms with Crippen molar-refractivity contribution in [1.82, 2.24) is 10.2 Å². The van der Waals surface area contributed by atoms with Gasteiger partial charge in [0.25, 0.3) is 0 Å². The van der Waals surface area contributed by atoms with Gasteiger partial charge in [-0.2, -0.15) is 0 Å². The molecule has 0 aromatic heterocycles. The average Bonchev–Trinajstić information content (AvgIpc) is 2.53. The highest BCUT2D eigenvalue weighted by Gasteiger charge is 2.29. The van der Waals surface area contributed by atoms with Gasteiger partial charge >= 0.3 is 0 Å². The summed E-state index contributed by atoms with van der Waals surface area (Å²) < 4.78 is 5.58. The lowest BCUT2D eigenvalue weighted by molar-refractivity contribution is -0.135. The van der Waals surface area contributed by atoms with Gasteiger partial charge in [0.2, 0.25) is 5.91 Å². The Balaban J connectivity index is 1.93. The molecule has 4 heteroatoms. The second-order valence-corrected chi connectivity index (χ2v) is 5.46. The van der Waals surface area contributed by atoms with Crippen LogP contribution in [0.15, 0.2) is 0 Å². The Bertz CT molecular complexity index is 270. The molecule has 4 nitrogen and oxygen atoms in total. The third-order valence-corrected chi connectivity index (χ3v) is 3.73. The highest BCUT2D eigenvalue weighted by atomic mass is 16.5. The van der Waals surface area contributed by atoms with Gasteiger partial charge in [0.15, 0.2) is 0 Å². The smallest absolute Gasteiger partial charge is 0.239 e. The first-order valence-electron chi connectivity index (χ1n) is 6.80. The predicted octanol–water partition coefficient (Wildman–Crippen LogP) is 1.01. The molecular weight excluding hydrogens is 216 g/mol. The quantitative estimate of drug-likeness (QED) is 0.744. The zero-order valence-corrected chi connectivity index (χ0v) is 10.9. The minimum Gasteiger partial charge on any atom is -0.377 e. The minimum absolute atomic E-state index is 0.0315. The largest absolute Gasteiger partial charge is 0.377 e. The lowest BCUT2D eigenvalue weighted by atomic mass is 9.93. The minimum atomic E-state index is 0.0315. The number of hydrogen-bond acceptors (Lipinski definition) is 3. The average molecular weight is 240 g/mol. The molecule has 0 bridgehead atoms. The lowest BCUT2D eigenvalue weighted by Crippen LogP contribution is -2.51. The molecule has 3 atom stereocenters. The Morgan fingerprint density at radius 3 is 3.00 bits per heavy atom. The maximum absolute atomic E-state index is 12.4. The van der Waals surface area contributed by atoms with Crippen LogP contribution >= 0.6 is 0 Å². The van der Waals surface area contributed by atoms with Gasteiger partial charge in [-0.25, -0.2) is 0 Å². The molecule has 2 saturated heterocycles. The van der Waals surface area contributed by atoms with Gasteiger partial charge in [-0.3, -0.25) is 4.79 Å². The zero-order chi connectivity index (χ0) is 12.3. The topological polar surface area (TPSA) is 41.6 Å². The SMILES string of the molecule is CC1CCNC(C(=O)N2CCCOC(C)C2)C1. The van der Waals surface area contributed by atoms with Crippen molar-refractivity contribution in [2.24, 2.45) is 5.92 Å². The van der Waals surface area contributed by atoms with Crippen molar-refractivity contribution < 1.29 is 9.53 Å². The standard InChI is InChI=1S/C13H24N2O2/c1-10-4-5-14-12(8-10)13(16)15-6-3-7-17-11(2)9-15/h10-12,14H,3-9H2,1-2H3. The summed E-state index contributed by atoms with van der Waals surface area (Å²) in [4.78, 5) is 14.4. The molecule has 0 aliphatic carbocycles. The van der Waals surface area contributed by atoms with Gasteiger partial charge in [-0.15, -0.1) is 0 Å². The number of ether oxygens (including phenoxy) is 1. The van der Waals surface area contributed by atoms with Gasteiger partial charge < -0.3 is 15.0 Å². The van der Waals surface area contributed by atoms with Crippen molar-refractivity contribution in [2.45, 2.75) is 45.3 Å². The van der Waals surface area contributed by atoms with Crippen LogP contribution < -0.4 is 5.32 Å². The van der Waals surface area contributed by atoms with Crippen LogP contribution in [0, 0.1) is 5.92 Å². The van der Waals surface area contributed by atoms with Crippen molar-refractivity contribution in [1.29, 1.82) is 0 Å². The molecule has 0 aromatic rings. The second kappa shape index (κ2) is 5.83. The molecule has 1 N–H and O–H groups in total. The molecule has 0 saturated carbocycles. The molecule has 0 aromatic carbocycles. The summed E-state index contributed by atoms with van der Waals surface area (Å²) in [6, 6.07) is 0.0315. The molecule has 0 radical (unpaired) electrons. The van der Waals surface area contributed by atoms with E-state index in [0.717, 1.165) is 39.1 Å². The molecule has 2 rings (SSSR count). The molecule has 2 fully saturated rings. The first-order valence-corrected chi connectivity index (χ1v) is 6.80. The van der Waals surface area contributed by atoms with Crippen LogP contribution in [-0.4, -0.2) is 49.2 Å². The van der Waals surface area contributed by atoms with E-state index in [1.165, 1.54) is 6.42 Å². The molecule has 2 aliphatic rings. The molecule has 98 valence electrons. The molecule has 1 amide bonds. The maximum atomic E-state index is 12.4. The maximum Gasteiger partial charge on any atom is 0.239 e. The lowest BCUT2D eigenvalue weighted by Gasteiger charge is -2.32.